The molecular formula is C24H33IN4O3. The Bertz CT molecular complexity index is 920. The molecular weight excluding hydrogens is 519 g/mol. The van der Waals surface area contributed by atoms with E-state index in [2.05, 4.69) is 27.8 Å². The van der Waals surface area contributed by atoms with Gasteiger partial charge in [0.1, 0.15) is 12.4 Å². The summed E-state index contributed by atoms with van der Waals surface area (Å²) in [6.07, 6.45) is 0.897. The summed E-state index contributed by atoms with van der Waals surface area (Å²) in [4.78, 5) is 18.8. The van der Waals surface area contributed by atoms with Gasteiger partial charge in [0.2, 0.25) is 5.91 Å². The van der Waals surface area contributed by atoms with Crippen molar-refractivity contribution in [1.82, 2.24) is 10.6 Å². The van der Waals surface area contributed by atoms with Crippen LogP contribution < -0.4 is 20.3 Å². The van der Waals surface area contributed by atoms with Gasteiger partial charge in [-0.15, -0.1) is 24.0 Å². The zero-order valence-corrected chi connectivity index (χ0v) is 21.3. The predicted octanol–water partition coefficient (Wildman–Crippen LogP) is 3.28. The minimum absolute atomic E-state index is 0. The number of anilines is 1. The van der Waals surface area contributed by atoms with Crippen LogP contribution in [0.3, 0.4) is 0 Å². The van der Waals surface area contributed by atoms with Crippen molar-refractivity contribution in [3.8, 4) is 5.75 Å². The Morgan fingerprint density at radius 1 is 1.16 bits per heavy atom. The molecule has 2 aromatic rings. The van der Waals surface area contributed by atoms with E-state index < -0.39 is 0 Å². The van der Waals surface area contributed by atoms with Crippen molar-refractivity contribution >= 4 is 41.5 Å². The SMILES string of the molecule is CCOCCOc1cc(C)ccc1CNC(=NC)NCC(=O)N1CCc2ccccc21.I. The molecule has 2 N–H and O–H groups in total. The van der Waals surface area contributed by atoms with Crippen LogP contribution in [-0.2, 0) is 22.5 Å². The van der Waals surface area contributed by atoms with Crippen molar-refractivity contribution in [3.63, 3.8) is 0 Å². The second kappa shape index (κ2) is 13.3. The number of para-hydroxylation sites is 1. The molecule has 174 valence electrons. The summed E-state index contributed by atoms with van der Waals surface area (Å²) in [5.74, 6) is 1.43. The molecule has 0 spiro atoms. The summed E-state index contributed by atoms with van der Waals surface area (Å²) in [5, 5.41) is 6.39. The van der Waals surface area contributed by atoms with E-state index in [1.165, 1.54) is 5.56 Å². The number of aliphatic imine (C=N–C) groups is 1. The highest BCUT2D eigenvalue weighted by Gasteiger charge is 2.23. The lowest BCUT2D eigenvalue weighted by Gasteiger charge is -2.19. The number of amides is 1. The van der Waals surface area contributed by atoms with E-state index >= 15 is 0 Å². The van der Waals surface area contributed by atoms with Gasteiger partial charge in [-0.2, -0.15) is 0 Å². The van der Waals surface area contributed by atoms with Crippen molar-refractivity contribution in [2.75, 3.05) is 44.9 Å². The average Bonchev–Trinajstić information content (AvgIpc) is 3.22. The van der Waals surface area contributed by atoms with E-state index in [0.717, 1.165) is 35.5 Å². The van der Waals surface area contributed by atoms with Gasteiger partial charge in [0.25, 0.3) is 0 Å². The van der Waals surface area contributed by atoms with E-state index in [4.69, 9.17) is 9.47 Å². The molecule has 0 aliphatic carbocycles. The van der Waals surface area contributed by atoms with Gasteiger partial charge >= 0.3 is 0 Å². The topological polar surface area (TPSA) is 75.2 Å². The summed E-state index contributed by atoms with van der Waals surface area (Å²) >= 11 is 0. The molecule has 1 aliphatic rings. The van der Waals surface area contributed by atoms with Crippen LogP contribution in [0, 0.1) is 6.92 Å². The van der Waals surface area contributed by atoms with Crippen LogP contribution in [-0.4, -0.2) is 51.8 Å². The minimum Gasteiger partial charge on any atom is -0.491 e. The van der Waals surface area contributed by atoms with Gasteiger partial charge in [-0.25, -0.2) is 0 Å². The van der Waals surface area contributed by atoms with Gasteiger partial charge < -0.3 is 25.0 Å². The molecule has 1 amide bonds. The number of carbonyl (C=O) groups excluding carboxylic acids is 1. The lowest BCUT2D eigenvalue weighted by Crippen LogP contribution is -2.44. The maximum absolute atomic E-state index is 12.7. The molecule has 1 aliphatic heterocycles. The third-order valence-electron chi connectivity index (χ3n) is 5.18. The maximum atomic E-state index is 12.7. The third-order valence-corrected chi connectivity index (χ3v) is 5.18. The Kier molecular flexibility index (Phi) is 10.8. The first-order valence-electron chi connectivity index (χ1n) is 10.7. The number of ether oxygens (including phenoxy) is 2. The molecule has 0 radical (unpaired) electrons. The zero-order valence-electron chi connectivity index (χ0n) is 19.0. The smallest absolute Gasteiger partial charge is 0.246 e. The summed E-state index contributed by atoms with van der Waals surface area (Å²) < 4.78 is 11.3. The summed E-state index contributed by atoms with van der Waals surface area (Å²) in [6, 6.07) is 14.2. The predicted molar refractivity (Wildman–Crippen MR) is 139 cm³/mol. The van der Waals surface area contributed by atoms with E-state index in [9.17, 15) is 4.79 Å². The van der Waals surface area contributed by atoms with E-state index in [0.29, 0.717) is 32.3 Å². The van der Waals surface area contributed by atoms with E-state index in [1.807, 2.05) is 49.1 Å². The van der Waals surface area contributed by atoms with Gasteiger partial charge in [-0.3, -0.25) is 9.79 Å². The van der Waals surface area contributed by atoms with Gasteiger partial charge in [0.15, 0.2) is 5.96 Å². The van der Waals surface area contributed by atoms with Crippen molar-refractivity contribution in [2.24, 2.45) is 4.99 Å². The third kappa shape index (κ3) is 7.09. The quantitative estimate of drug-likeness (QED) is 0.216. The van der Waals surface area contributed by atoms with Crippen LogP contribution in [0.1, 0.15) is 23.6 Å². The largest absolute Gasteiger partial charge is 0.491 e. The molecule has 0 atom stereocenters. The second-order valence-electron chi connectivity index (χ2n) is 7.36. The summed E-state index contributed by atoms with van der Waals surface area (Å²) in [7, 11) is 1.69. The number of aryl methyl sites for hydroxylation is 1. The van der Waals surface area contributed by atoms with Crippen molar-refractivity contribution in [1.29, 1.82) is 0 Å². The number of rotatable bonds is 9. The van der Waals surface area contributed by atoms with Crippen molar-refractivity contribution in [3.05, 3.63) is 59.2 Å². The molecule has 0 fully saturated rings. The first kappa shape index (κ1) is 25.9. The summed E-state index contributed by atoms with van der Waals surface area (Å²) in [6.45, 7) is 7.17. The Labute approximate surface area is 207 Å². The molecule has 0 saturated heterocycles. The number of halogens is 1. The number of nitrogens with zero attached hydrogens (tertiary/aromatic N) is 2. The van der Waals surface area contributed by atoms with Crippen LogP contribution in [0.4, 0.5) is 5.69 Å². The Morgan fingerprint density at radius 2 is 1.97 bits per heavy atom. The highest BCUT2D eigenvalue weighted by Crippen LogP contribution is 2.27. The molecule has 1 heterocycles. The van der Waals surface area contributed by atoms with Crippen LogP contribution in [0.5, 0.6) is 5.75 Å². The fourth-order valence-electron chi connectivity index (χ4n) is 3.55. The minimum atomic E-state index is 0. The molecule has 2 aromatic carbocycles. The molecule has 0 saturated carbocycles. The fourth-order valence-corrected chi connectivity index (χ4v) is 3.55. The molecule has 0 aromatic heterocycles. The monoisotopic (exact) mass is 552 g/mol. The van der Waals surface area contributed by atoms with Crippen LogP contribution in [0.15, 0.2) is 47.5 Å². The van der Waals surface area contributed by atoms with Crippen molar-refractivity contribution in [2.45, 2.75) is 26.8 Å². The highest BCUT2D eigenvalue weighted by atomic mass is 127. The standard InChI is InChI=1S/C24H32N4O3.HI/c1-4-30-13-14-31-22-15-18(2)9-10-20(22)16-26-24(25-3)27-17-23(29)28-12-11-19-7-5-6-8-21(19)28;/h5-10,15H,4,11-14,16-17H2,1-3H3,(H2,25,26,27);1H. The van der Waals surface area contributed by atoms with Gasteiger partial charge in [-0.1, -0.05) is 30.3 Å². The lowest BCUT2D eigenvalue weighted by molar-refractivity contribution is -0.117. The first-order chi connectivity index (χ1) is 15.1. The number of nitrogens with one attached hydrogen (secondary N) is 2. The first-order valence-corrected chi connectivity index (χ1v) is 10.7. The molecule has 32 heavy (non-hydrogen) atoms. The fraction of sp³-hybridized carbons (Fsp3) is 0.417. The molecule has 0 bridgehead atoms. The normalized spacial score (nSPS) is 12.7. The van der Waals surface area contributed by atoms with Gasteiger partial charge in [0, 0.05) is 38.0 Å². The number of hydrogen-bond donors (Lipinski definition) is 2. The Balaban J connectivity index is 0.00000363. The van der Waals surface area contributed by atoms with Crippen LogP contribution in [0.25, 0.3) is 0 Å². The number of fused-ring (bicyclic) bond motifs is 1. The molecule has 8 heteroatoms. The van der Waals surface area contributed by atoms with Crippen LogP contribution in [0.2, 0.25) is 0 Å². The molecule has 7 nitrogen and oxygen atoms in total. The van der Waals surface area contributed by atoms with Crippen LogP contribution >= 0.6 is 24.0 Å². The van der Waals surface area contributed by atoms with Gasteiger partial charge in [-0.05, 0) is 43.5 Å². The lowest BCUT2D eigenvalue weighted by atomic mass is 10.1. The van der Waals surface area contributed by atoms with E-state index in [1.54, 1.807) is 7.05 Å². The number of carbonyl (C=O) groups is 1. The second-order valence-corrected chi connectivity index (χ2v) is 7.36. The maximum Gasteiger partial charge on any atom is 0.246 e. The highest BCUT2D eigenvalue weighted by molar-refractivity contribution is 14.0. The van der Waals surface area contributed by atoms with Crippen molar-refractivity contribution < 1.29 is 14.3 Å². The Morgan fingerprint density at radius 3 is 2.75 bits per heavy atom. The molecule has 0 unspecified atom stereocenters. The van der Waals surface area contributed by atoms with E-state index in [-0.39, 0.29) is 36.4 Å². The molecule has 3 rings (SSSR count). The number of benzene rings is 2. The number of guanidine groups is 1. The zero-order chi connectivity index (χ0) is 22.1. The average molecular weight is 552 g/mol. The Hall–Kier alpha value is -2.33. The van der Waals surface area contributed by atoms with Gasteiger partial charge in [0.05, 0.1) is 13.2 Å². The summed E-state index contributed by atoms with van der Waals surface area (Å²) in [5.41, 5.74) is 4.37. The number of hydrogen-bond acceptors (Lipinski definition) is 4.